The Kier molecular flexibility index (Phi) is 4.91. The van der Waals surface area contributed by atoms with Gasteiger partial charge >= 0.3 is 5.97 Å². The van der Waals surface area contributed by atoms with Crippen molar-refractivity contribution in [3.63, 3.8) is 0 Å². The lowest BCUT2D eigenvalue weighted by atomic mass is 10.1. The molecule has 1 aromatic carbocycles. The number of hydrogen-bond acceptors (Lipinski definition) is 4. The van der Waals surface area contributed by atoms with Gasteiger partial charge in [0.2, 0.25) is 0 Å². The van der Waals surface area contributed by atoms with E-state index >= 15 is 0 Å². The Balaban J connectivity index is 2.64. The molecule has 1 N–H and O–H groups in total. The van der Waals surface area contributed by atoms with Gasteiger partial charge in [-0.3, -0.25) is 0 Å². The maximum Gasteiger partial charge on any atom is 0.338 e. The van der Waals surface area contributed by atoms with Gasteiger partial charge in [-0.1, -0.05) is 0 Å². The Morgan fingerprint density at radius 3 is 2.00 bits per heavy atom. The standard InChI is InChI=1S/C15H23NO2S/c1-14(2,3)18-13(17)11-7-9-12(10-8-11)16-19-15(4,5)6/h7-10,16H,1-6H3. The summed E-state index contributed by atoms with van der Waals surface area (Å²) < 4.78 is 8.72. The van der Waals surface area contributed by atoms with Gasteiger partial charge < -0.3 is 9.46 Å². The van der Waals surface area contributed by atoms with Crippen molar-refractivity contribution in [2.75, 3.05) is 4.72 Å². The van der Waals surface area contributed by atoms with Gasteiger partial charge in [0.1, 0.15) is 5.60 Å². The van der Waals surface area contributed by atoms with Gasteiger partial charge in [0.15, 0.2) is 0 Å². The maximum atomic E-state index is 11.8. The van der Waals surface area contributed by atoms with Crippen LogP contribution in [0.2, 0.25) is 0 Å². The van der Waals surface area contributed by atoms with Gasteiger partial charge in [-0.05, 0) is 77.8 Å². The number of hydrogen-bond donors (Lipinski definition) is 1. The molecule has 0 aliphatic heterocycles. The molecular formula is C15H23NO2S. The molecule has 1 rings (SSSR count). The highest BCUT2D eigenvalue weighted by Crippen LogP contribution is 2.25. The molecule has 106 valence electrons. The zero-order chi connectivity index (χ0) is 14.7. The topological polar surface area (TPSA) is 38.3 Å². The third kappa shape index (κ3) is 6.53. The first kappa shape index (κ1) is 15.9. The fourth-order valence-corrected chi connectivity index (χ4v) is 1.78. The van der Waals surface area contributed by atoms with Crippen molar-refractivity contribution in [2.24, 2.45) is 0 Å². The Morgan fingerprint density at radius 1 is 1.05 bits per heavy atom. The smallest absolute Gasteiger partial charge is 0.338 e. The molecule has 0 heterocycles. The average molecular weight is 281 g/mol. The Morgan fingerprint density at radius 2 is 1.58 bits per heavy atom. The molecule has 0 spiro atoms. The van der Waals surface area contributed by atoms with Gasteiger partial charge in [-0.2, -0.15) is 0 Å². The van der Waals surface area contributed by atoms with Crippen LogP contribution in [0, 0.1) is 0 Å². The van der Waals surface area contributed by atoms with Crippen molar-refractivity contribution in [3.8, 4) is 0 Å². The fraction of sp³-hybridized carbons (Fsp3) is 0.533. The van der Waals surface area contributed by atoms with Crippen LogP contribution in [-0.4, -0.2) is 16.3 Å². The third-order valence-electron chi connectivity index (χ3n) is 1.99. The van der Waals surface area contributed by atoms with Crippen LogP contribution in [0.3, 0.4) is 0 Å². The summed E-state index contributed by atoms with van der Waals surface area (Å²) in [6.07, 6.45) is 0. The molecule has 0 atom stereocenters. The van der Waals surface area contributed by atoms with Crippen molar-refractivity contribution < 1.29 is 9.53 Å². The number of rotatable bonds is 3. The van der Waals surface area contributed by atoms with Gasteiger partial charge in [-0.15, -0.1) is 0 Å². The second-order valence-corrected chi connectivity index (χ2v) is 8.03. The molecule has 0 amide bonds. The Labute approximate surface area is 120 Å². The van der Waals surface area contributed by atoms with Crippen LogP contribution in [0.4, 0.5) is 5.69 Å². The first-order valence-electron chi connectivity index (χ1n) is 6.34. The second kappa shape index (κ2) is 5.87. The molecule has 19 heavy (non-hydrogen) atoms. The van der Waals surface area contributed by atoms with Crippen molar-refractivity contribution in [2.45, 2.75) is 51.9 Å². The lowest BCUT2D eigenvalue weighted by Gasteiger charge is -2.20. The van der Waals surface area contributed by atoms with E-state index in [1.807, 2.05) is 32.9 Å². The highest BCUT2D eigenvalue weighted by Gasteiger charge is 2.17. The molecule has 0 radical (unpaired) electrons. The van der Waals surface area contributed by atoms with Crippen LogP contribution in [-0.2, 0) is 4.74 Å². The van der Waals surface area contributed by atoms with E-state index in [4.69, 9.17) is 4.74 Å². The molecule has 0 aliphatic rings. The molecule has 0 aliphatic carbocycles. The van der Waals surface area contributed by atoms with E-state index < -0.39 is 5.60 Å². The predicted octanol–water partition coefficient (Wildman–Crippen LogP) is 4.50. The molecule has 1 aromatic rings. The minimum atomic E-state index is -0.462. The summed E-state index contributed by atoms with van der Waals surface area (Å²) in [5.74, 6) is -0.289. The summed E-state index contributed by atoms with van der Waals surface area (Å²) in [6.45, 7) is 12.0. The molecule has 0 saturated heterocycles. The van der Waals surface area contributed by atoms with E-state index in [1.54, 1.807) is 24.1 Å². The number of carbonyl (C=O) groups is 1. The molecule has 0 bridgehead atoms. The molecule has 0 unspecified atom stereocenters. The molecule has 0 fully saturated rings. The Bertz CT molecular complexity index is 427. The lowest BCUT2D eigenvalue weighted by molar-refractivity contribution is 0.00696. The molecule has 4 heteroatoms. The number of anilines is 1. The van der Waals surface area contributed by atoms with Crippen molar-refractivity contribution in [1.82, 2.24) is 0 Å². The summed E-state index contributed by atoms with van der Waals surface area (Å²) in [4.78, 5) is 11.8. The summed E-state index contributed by atoms with van der Waals surface area (Å²) >= 11 is 1.64. The largest absolute Gasteiger partial charge is 0.456 e. The fourth-order valence-electron chi connectivity index (χ4n) is 1.22. The van der Waals surface area contributed by atoms with Crippen LogP contribution in [0.1, 0.15) is 51.9 Å². The summed E-state index contributed by atoms with van der Waals surface area (Å²) in [5, 5.41) is 0. The summed E-state index contributed by atoms with van der Waals surface area (Å²) in [7, 11) is 0. The minimum Gasteiger partial charge on any atom is -0.456 e. The van der Waals surface area contributed by atoms with E-state index in [0.717, 1.165) is 5.69 Å². The molecule has 0 saturated carbocycles. The highest BCUT2D eigenvalue weighted by atomic mass is 32.2. The average Bonchev–Trinajstić information content (AvgIpc) is 2.23. The third-order valence-corrected chi connectivity index (χ3v) is 2.94. The molecule has 3 nitrogen and oxygen atoms in total. The van der Waals surface area contributed by atoms with Crippen LogP contribution in [0.5, 0.6) is 0 Å². The van der Waals surface area contributed by atoms with E-state index in [1.165, 1.54) is 0 Å². The number of benzene rings is 1. The molecule has 0 aromatic heterocycles. The van der Waals surface area contributed by atoms with Crippen LogP contribution in [0.25, 0.3) is 0 Å². The van der Waals surface area contributed by atoms with Gasteiger partial charge in [0.25, 0.3) is 0 Å². The highest BCUT2D eigenvalue weighted by molar-refractivity contribution is 8.01. The van der Waals surface area contributed by atoms with Crippen molar-refractivity contribution in [1.29, 1.82) is 0 Å². The molecular weight excluding hydrogens is 258 g/mol. The SMILES string of the molecule is CC(C)(C)OC(=O)c1ccc(NSC(C)(C)C)cc1. The van der Waals surface area contributed by atoms with Gasteiger partial charge in [0.05, 0.1) is 5.56 Å². The minimum absolute atomic E-state index is 0.143. The van der Waals surface area contributed by atoms with Crippen molar-refractivity contribution in [3.05, 3.63) is 29.8 Å². The number of carbonyl (C=O) groups excluding carboxylic acids is 1. The monoisotopic (exact) mass is 281 g/mol. The van der Waals surface area contributed by atoms with E-state index in [2.05, 4.69) is 25.5 Å². The van der Waals surface area contributed by atoms with E-state index in [9.17, 15) is 4.79 Å². The van der Waals surface area contributed by atoms with Crippen LogP contribution in [0.15, 0.2) is 24.3 Å². The summed E-state index contributed by atoms with van der Waals surface area (Å²) in [5.41, 5.74) is 1.09. The quantitative estimate of drug-likeness (QED) is 0.654. The normalized spacial score (nSPS) is 12.1. The van der Waals surface area contributed by atoms with E-state index in [-0.39, 0.29) is 10.7 Å². The number of nitrogens with one attached hydrogen (secondary N) is 1. The van der Waals surface area contributed by atoms with Gasteiger partial charge in [0, 0.05) is 10.4 Å². The number of ether oxygens (including phenoxy) is 1. The van der Waals surface area contributed by atoms with E-state index in [0.29, 0.717) is 5.56 Å². The zero-order valence-electron chi connectivity index (χ0n) is 12.5. The number of esters is 1. The van der Waals surface area contributed by atoms with Crippen LogP contribution >= 0.6 is 11.9 Å². The zero-order valence-corrected chi connectivity index (χ0v) is 13.4. The first-order valence-corrected chi connectivity index (χ1v) is 7.16. The predicted molar refractivity (Wildman–Crippen MR) is 82.6 cm³/mol. The van der Waals surface area contributed by atoms with Gasteiger partial charge in [-0.25, -0.2) is 4.79 Å². The Hall–Kier alpha value is -1.16. The first-order chi connectivity index (χ1) is 8.57. The van der Waals surface area contributed by atoms with Crippen LogP contribution < -0.4 is 4.72 Å². The maximum absolute atomic E-state index is 11.8. The second-order valence-electron chi connectivity index (χ2n) is 6.40. The van der Waals surface area contributed by atoms with Crippen molar-refractivity contribution >= 4 is 23.6 Å². The summed E-state index contributed by atoms with van der Waals surface area (Å²) in [6, 6.07) is 7.33. The lowest BCUT2D eigenvalue weighted by Crippen LogP contribution is -2.23.